The number of halogens is 3. The number of nitrogen functional groups attached to an aromatic ring is 1. The standard InChI is InChI=1S/C14H22F3N3.C4H11O4P/c1-4-5-6-9(2)20-12-8-13(19-3)11(18)7-10(12)14(15,16)17;1-3-7-9(5,6)8-4-2/h7-9,19-20H,4-6,18H2,1-3H3;3-4H2,1-2H3,(H,5,6). The molecule has 0 spiro atoms. The topological polar surface area (TPSA) is 106 Å². The summed E-state index contributed by atoms with van der Waals surface area (Å²) in [6.45, 7) is 7.56. The average molecular weight is 443 g/mol. The first-order chi connectivity index (χ1) is 13.4. The molecule has 1 unspecified atom stereocenters. The Morgan fingerprint density at radius 3 is 2.14 bits per heavy atom. The maximum Gasteiger partial charge on any atom is 0.472 e. The highest BCUT2D eigenvalue weighted by Gasteiger charge is 2.34. The summed E-state index contributed by atoms with van der Waals surface area (Å²) < 4.78 is 58.4. The number of alkyl halides is 3. The van der Waals surface area contributed by atoms with E-state index in [2.05, 4.69) is 26.6 Å². The van der Waals surface area contributed by atoms with E-state index in [1.807, 2.05) is 6.92 Å². The Morgan fingerprint density at radius 1 is 1.17 bits per heavy atom. The van der Waals surface area contributed by atoms with Gasteiger partial charge in [0.05, 0.1) is 30.2 Å². The van der Waals surface area contributed by atoms with Crippen LogP contribution in [0.3, 0.4) is 0 Å². The summed E-state index contributed by atoms with van der Waals surface area (Å²) in [5.74, 6) is 0. The van der Waals surface area contributed by atoms with Crippen molar-refractivity contribution in [3.63, 3.8) is 0 Å². The van der Waals surface area contributed by atoms with Crippen molar-refractivity contribution in [2.24, 2.45) is 0 Å². The van der Waals surface area contributed by atoms with Gasteiger partial charge in [0.1, 0.15) is 0 Å². The Kier molecular flexibility index (Phi) is 12.3. The van der Waals surface area contributed by atoms with E-state index in [9.17, 15) is 17.7 Å². The maximum atomic E-state index is 13.1. The van der Waals surface area contributed by atoms with Crippen LogP contribution < -0.4 is 16.4 Å². The molecule has 1 aromatic carbocycles. The van der Waals surface area contributed by atoms with E-state index in [0.717, 1.165) is 25.3 Å². The molecule has 0 aliphatic heterocycles. The fraction of sp³-hybridized carbons (Fsp3) is 0.667. The minimum atomic E-state index is -4.42. The zero-order valence-corrected chi connectivity index (χ0v) is 18.5. The zero-order valence-electron chi connectivity index (χ0n) is 17.6. The van der Waals surface area contributed by atoms with Gasteiger partial charge >= 0.3 is 14.0 Å². The van der Waals surface area contributed by atoms with Gasteiger partial charge in [-0.3, -0.25) is 9.05 Å². The molecule has 1 atom stereocenters. The van der Waals surface area contributed by atoms with E-state index >= 15 is 0 Å². The Labute approximate surface area is 170 Å². The highest BCUT2D eigenvalue weighted by atomic mass is 31.2. The molecule has 0 radical (unpaired) electrons. The monoisotopic (exact) mass is 443 g/mol. The minimum absolute atomic E-state index is 0.0237. The summed E-state index contributed by atoms with van der Waals surface area (Å²) in [4.78, 5) is 8.63. The molecule has 170 valence electrons. The molecule has 5 N–H and O–H groups in total. The highest BCUT2D eigenvalue weighted by molar-refractivity contribution is 7.47. The van der Waals surface area contributed by atoms with Gasteiger partial charge in [0.15, 0.2) is 0 Å². The van der Waals surface area contributed by atoms with Crippen LogP contribution in [0, 0.1) is 0 Å². The van der Waals surface area contributed by atoms with Gasteiger partial charge in [0.25, 0.3) is 0 Å². The summed E-state index contributed by atoms with van der Waals surface area (Å²) in [5, 5.41) is 5.74. The van der Waals surface area contributed by atoms with Crippen molar-refractivity contribution in [3.05, 3.63) is 17.7 Å². The van der Waals surface area contributed by atoms with E-state index in [0.29, 0.717) is 5.69 Å². The van der Waals surface area contributed by atoms with Gasteiger partial charge in [-0.2, -0.15) is 13.2 Å². The first-order valence-electron chi connectivity index (χ1n) is 9.48. The van der Waals surface area contributed by atoms with Crippen LogP contribution in [0.2, 0.25) is 0 Å². The molecule has 0 aliphatic carbocycles. The molecule has 0 fully saturated rings. The second-order valence-electron chi connectivity index (χ2n) is 6.22. The summed E-state index contributed by atoms with van der Waals surface area (Å²) in [5.41, 5.74) is 5.54. The normalized spacial score (nSPS) is 12.7. The molecule has 0 aromatic heterocycles. The molecule has 0 heterocycles. The summed E-state index contributed by atoms with van der Waals surface area (Å²) >= 11 is 0. The lowest BCUT2D eigenvalue weighted by Gasteiger charge is -2.21. The van der Waals surface area contributed by atoms with Crippen LogP contribution >= 0.6 is 7.82 Å². The lowest BCUT2D eigenvalue weighted by atomic mass is 10.1. The first kappa shape index (κ1) is 27.5. The van der Waals surface area contributed by atoms with Crippen LogP contribution in [0.5, 0.6) is 0 Å². The summed E-state index contributed by atoms with van der Waals surface area (Å²) in [6, 6.07) is 2.37. The molecule has 11 heteroatoms. The minimum Gasteiger partial charge on any atom is -0.397 e. The van der Waals surface area contributed by atoms with E-state index in [4.69, 9.17) is 10.6 Å². The molecule has 0 saturated carbocycles. The Bertz CT molecular complexity index is 650. The quantitative estimate of drug-likeness (QED) is 0.280. The van der Waals surface area contributed by atoms with Crippen molar-refractivity contribution < 1.29 is 31.7 Å². The molecule has 0 bridgehead atoms. The van der Waals surface area contributed by atoms with Gasteiger partial charge in [-0.05, 0) is 39.3 Å². The number of nitrogens with two attached hydrogens (primary N) is 1. The number of rotatable bonds is 10. The number of nitrogens with one attached hydrogen (secondary N) is 2. The summed E-state index contributed by atoms with van der Waals surface area (Å²) in [7, 11) is -2.06. The lowest BCUT2D eigenvalue weighted by Crippen LogP contribution is -2.19. The second-order valence-corrected chi connectivity index (χ2v) is 7.68. The Balaban J connectivity index is 0.000000734. The second kappa shape index (κ2) is 13.0. The van der Waals surface area contributed by atoms with Crippen LogP contribution in [0.1, 0.15) is 52.5 Å². The van der Waals surface area contributed by atoms with Crippen LogP contribution in [-0.4, -0.2) is 31.2 Å². The SMILES string of the molecule is CCCCC(C)Nc1cc(NC)c(N)cc1C(F)(F)F.CCOP(=O)(O)OCC. The van der Waals surface area contributed by atoms with Crippen molar-refractivity contribution in [3.8, 4) is 0 Å². The zero-order chi connectivity index (χ0) is 22.7. The molecular formula is C18H33F3N3O4P. The molecular weight excluding hydrogens is 410 g/mol. The maximum absolute atomic E-state index is 13.1. The van der Waals surface area contributed by atoms with Crippen LogP contribution in [-0.2, 0) is 19.8 Å². The van der Waals surface area contributed by atoms with Crippen molar-refractivity contribution >= 4 is 24.9 Å². The lowest BCUT2D eigenvalue weighted by molar-refractivity contribution is -0.136. The average Bonchev–Trinajstić information content (AvgIpc) is 2.60. The number of phosphoric acid groups is 1. The van der Waals surface area contributed by atoms with Crippen molar-refractivity contribution in [1.82, 2.24) is 0 Å². The summed E-state index contributed by atoms with van der Waals surface area (Å²) in [6.07, 6.45) is -1.61. The van der Waals surface area contributed by atoms with Crippen LogP contribution in [0.4, 0.5) is 30.2 Å². The molecule has 29 heavy (non-hydrogen) atoms. The van der Waals surface area contributed by atoms with E-state index in [1.54, 1.807) is 20.9 Å². The molecule has 1 aromatic rings. The molecule has 1 rings (SSSR count). The molecule has 0 aliphatic rings. The number of hydrogen-bond acceptors (Lipinski definition) is 6. The Hall–Kier alpha value is -1.48. The van der Waals surface area contributed by atoms with Crippen LogP contribution in [0.25, 0.3) is 0 Å². The van der Waals surface area contributed by atoms with Gasteiger partial charge in [-0.1, -0.05) is 19.8 Å². The van der Waals surface area contributed by atoms with Gasteiger partial charge in [0, 0.05) is 18.8 Å². The van der Waals surface area contributed by atoms with Crippen molar-refractivity contribution in [1.29, 1.82) is 0 Å². The van der Waals surface area contributed by atoms with Gasteiger partial charge < -0.3 is 21.3 Å². The van der Waals surface area contributed by atoms with E-state index < -0.39 is 19.6 Å². The fourth-order valence-corrected chi connectivity index (χ4v) is 3.13. The molecule has 0 amide bonds. The predicted molar refractivity (Wildman–Crippen MR) is 111 cm³/mol. The van der Waals surface area contributed by atoms with E-state index in [-0.39, 0.29) is 30.6 Å². The Morgan fingerprint density at radius 2 is 1.72 bits per heavy atom. The van der Waals surface area contributed by atoms with Gasteiger partial charge in [0.2, 0.25) is 0 Å². The number of anilines is 3. The third kappa shape index (κ3) is 10.7. The van der Waals surface area contributed by atoms with Crippen molar-refractivity contribution in [2.45, 2.75) is 59.2 Å². The number of unbranched alkanes of at least 4 members (excludes halogenated alkanes) is 1. The number of hydrogen-bond donors (Lipinski definition) is 4. The van der Waals surface area contributed by atoms with E-state index in [1.165, 1.54) is 6.07 Å². The fourth-order valence-electron chi connectivity index (χ4n) is 2.40. The number of phosphoric ester groups is 1. The van der Waals surface area contributed by atoms with Crippen LogP contribution in [0.15, 0.2) is 12.1 Å². The van der Waals surface area contributed by atoms with Gasteiger partial charge in [-0.15, -0.1) is 0 Å². The largest absolute Gasteiger partial charge is 0.472 e. The third-order valence-electron chi connectivity index (χ3n) is 3.74. The first-order valence-corrected chi connectivity index (χ1v) is 11.0. The smallest absolute Gasteiger partial charge is 0.397 e. The third-order valence-corrected chi connectivity index (χ3v) is 4.91. The number of benzene rings is 1. The molecule has 7 nitrogen and oxygen atoms in total. The predicted octanol–water partition coefficient (Wildman–Crippen LogP) is 5.48. The van der Waals surface area contributed by atoms with Gasteiger partial charge in [-0.25, -0.2) is 4.57 Å². The molecule has 0 saturated heterocycles. The van der Waals surface area contributed by atoms with Crippen molar-refractivity contribution in [2.75, 3.05) is 36.6 Å². The highest BCUT2D eigenvalue weighted by Crippen LogP contribution is 2.42.